The molecule has 0 heterocycles. The van der Waals surface area contributed by atoms with Gasteiger partial charge in [0.05, 0.1) is 6.10 Å². The molecule has 0 fully saturated rings. The van der Waals surface area contributed by atoms with Crippen LogP contribution in [0.15, 0.2) is 0 Å². The van der Waals surface area contributed by atoms with Crippen molar-refractivity contribution in [2.45, 2.75) is 103 Å². The fourth-order valence-corrected chi connectivity index (χ4v) is 2.95. The number of hydrogen-bond donors (Lipinski definition) is 2. The van der Waals surface area contributed by atoms with E-state index in [1.165, 1.54) is 64.2 Å². The van der Waals surface area contributed by atoms with Crippen LogP contribution in [0.25, 0.3) is 0 Å². The molecular weight excluding hydrogens is 294 g/mol. The molecule has 0 aliphatic carbocycles. The Kier molecular flexibility index (Phi) is 15.5. The molecule has 2 atom stereocenters. The van der Waals surface area contributed by atoms with Gasteiger partial charge in [-0.25, -0.2) is 0 Å². The summed E-state index contributed by atoms with van der Waals surface area (Å²) in [5.41, 5.74) is 5.28. The molecule has 0 bridgehead atoms. The average molecular weight is 332 g/mol. The van der Waals surface area contributed by atoms with Crippen LogP contribution in [0.2, 0.25) is 0 Å². The van der Waals surface area contributed by atoms with Crippen LogP contribution in [-0.2, 0) is 8.98 Å². The van der Waals surface area contributed by atoms with Gasteiger partial charge >= 0.3 is 0 Å². The summed E-state index contributed by atoms with van der Waals surface area (Å²) in [6.07, 6.45) is 16.4. The van der Waals surface area contributed by atoms with Crippen LogP contribution in [0, 0.1) is 5.92 Å². The highest BCUT2D eigenvalue weighted by molar-refractivity contribution is 7.75. The van der Waals surface area contributed by atoms with Crippen LogP contribution in [0.3, 0.4) is 0 Å². The molecule has 0 aromatic heterocycles. The van der Waals surface area contributed by atoms with Gasteiger partial charge in [-0.05, 0) is 25.8 Å². The summed E-state index contributed by atoms with van der Waals surface area (Å²) in [6, 6.07) is 0. The third-order valence-electron chi connectivity index (χ3n) is 4.38. The number of thiol groups is 1. The van der Waals surface area contributed by atoms with Crippen LogP contribution >= 0.6 is 12.9 Å². The topological polar surface area (TPSA) is 52.3 Å². The standard InChI is InChI=1S/C18H37NO2S/c1-3-4-5-6-7-8-9-10-11-12-13-14-17(21-22)15-16(2)18(19)20/h16-17,22H,3-15H2,1-2H3,(H2,19,20). The molecule has 0 aliphatic rings. The first kappa shape index (κ1) is 21.8. The molecule has 0 saturated carbocycles. The summed E-state index contributed by atoms with van der Waals surface area (Å²) in [4.78, 5) is 11.1. The Labute approximate surface area is 143 Å². The Morgan fingerprint density at radius 2 is 1.41 bits per heavy atom. The van der Waals surface area contributed by atoms with Crippen LogP contribution in [0.4, 0.5) is 0 Å². The Hall–Kier alpha value is -0.220. The van der Waals surface area contributed by atoms with Gasteiger partial charge in [0.15, 0.2) is 0 Å². The van der Waals surface area contributed by atoms with Crippen molar-refractivity contribution in [2.75, 3.05) is 0 Å². The maximum absolute atomic E-state index is 11.1. The van der Waals surface area contributed by atoms with Crippen molar-refractivity contribution < 1.29 is 8.98 Å². The summed E-state index contributed by atoms with van der Waals surface area (Å²) in [6.45, 7) is 4.11. The Morgan fingerprint density at radius 1 is 0.955 bits per heavy atom. The second kappa shape index (κ2) is 15.7. The number of nitrogens with two attached hydrogens (primary N) is 1. The number of carbonyl (C=O) groups is 1. The Balaban J connectivity index is 3.38. The van der Waals surface area contributed by atoms with E-state index in [-0.39, 0.29) is 17.9 Å². The molecule has 3 nitrogen and oxygen atoms in total. The van der Waals surface area contributed by atoms with Crippen LogP contribution in [0.5, 0.6) is 0 Å². The zero-order valence-corrected chi connectivity index (χ0v) is 15.6. The van der Waals surface area contributed by atoms with Gasteiger partial charge in [-0.15, -0.1) is 0 Å². The van der Waals surface area contributed by atoms with E-state index in [9.17, 15) is 4.79 Å². The largest absolute Gasteiger partial charge is 0.369 e. The number of rotatable bonds is 16. The van der Waals surface area contributed by atoms with Gasteiger partial charge in [0.25, 0.3) is 0 Å². The van der Waals surface area contributed by atoms with E-state index in [4.69, 9.17) is 9.92 Å². The highest BCUT2D eigenvalue weighted by Crippen LogP contribution is 2.18. The van der Waals surface area contributed by atoms with Crippen molar-refractivity contribution in [1.29, 1.82) is 0 Å². The van der Waals surface area contributed by atoms with E-state index in [0.717, 1.165) is 12.8 Å². The maximum atomic E-state index is 11.1. The van der Waals surface area contributed by atoms with Crippen molar-refractivity contribution in [3.63, 3.8) is 0 Å². The third kappa shape index (κ3) is 13.4. The molecule has 2 unspecified atom stereocenters. The highest BCUT2D eigenvalue weighted by Gasteiger charge is 2.16. The maximum Gasteiger partial charge on any atom is 0.220 e. The summed E-state index contributed by atoms with van der Waals surface area (Å²) in [5, 5.41) is 0. The van der Waals surface area contributed by atoms with Gasteiger partial charge in [0.1, 0.15) is 0 Å². The molecule has 0 saturated heterocycles. The van der Waals surface area contributed by atoms with E-state index >= 15 is 0 Å². The van der Waals surface area contributed by atoms with Crippen molar-refractivity contribution in [3.05, 3.63) is 0 Å². The third-order valence-corrected chi connectivity index (χ3v) is 4.68. The molecule has 0 spiro atoms. The fourth-order valence-electron chi connectivity index (χ4n) is 2.76. The molecule has 4 heteroatoms. The second-order valence-electron chi connectivity index (χ2n) is 6.59. The zero-order valence-electron chi connectivity index (χ0n) is 14.7. The van der Waals surface area contributed by atoms with Gasteiger partial charge < -0.3 is 9.92 Å². The first-order valence-corrected chi connectivity index (χ1v) is 9.57. The van der Waals surface area contributed by atoms with E-state index in [1.807, 2.05) is 6.92 Å². The smallest absolute Gasteiger partial charge is 0.220 e. The van der Waals surface area contributed by atoms with Crippen LogP contribution in [0.1, 0.15) is 97.3 Å². The van der Waals surface area contributed by atoms with Crippen LogP contribution in [-0.4, -0.2) is 12.0 Å². The summed E-state index contributed by atoms with van der Waals surface area (Å²) < 4.78 is 5.15. The molecule has 0 aromatic rings. The van der Waals surface area contributed by atoms with E-state index in [2.05, 4.69) is 19.8 Å². The van der Waals surface area contributed by atoms with Crippen molar-refractivity contribution in [2.24, 2.45) is 11.7 Å². The highest BCUT2D eigenvalue weighted by atomic mass is 32.1. The van der Waals surface area contributed by atoms with Gasteiger partial charge in [-0.2, -0.15) is 0 Å². The first-order chi connectivity index (χ1) is 10.6. The molecule has 0 radical (unpaired) electrons. The van der Waals surface area contributed by atoms with Crippen molar-refractivity contribution in [3.8, 4) is 0 Å². The molecule has 2 N–H and O–H groups in total. The molecular formula is C18H37NO2S. The lowest BCUT2D eigenvalue weighted by Gasteiger charge is -2.16. The first-order valence-electron chi connectivity index (χ1n) is 9.21. The number of carbonyl (C=O) groups excluding carboxylic acids is 1. The Bertz CT molecular complexity index is 261. The predicted octanol–water partition coefficient (Wildman–Crippen LogP) is 5.43. The molecule has 0 aromatic carbocycles. The molecule has 1 amide bonds. The van der Waals surface area contributed by atoms with Crippen molar-refractivity contribution >= 4 is 18.8 Å². The lowest BCUT2D eigenvalue weighted by molar-refractivity contribution is -0.122. The molecule has 0 rings (SSSR count). The summed E-state index contributed by atoms with van der Waals surface area (Å²) in [7, 11) is 0. The normalized spacial score (nSPS) is 14.0. The number of unbranched alkanes of at least 4 members (excludes halogenated alkanes) is 10. The van der Waals surface area contributed by atoms with Gasteiger partial charge in [-0.3, -0.25) is 4.79 Å². The summed E-state index contributed by atoms with van der Waals surface area (Å²) in [5.74, 6) is -0.390. The molecule has 22 heavy (non-hydrogen) atoms. The SMILES string of the molecule is CCCCCCCCCCCCCC(CC(C)C(N)=O)OS. The molecule has 0 aliphatic heterocycles. The van der Waals surface area contributed by atoms with E-state index in [1.54, 1.807) is 0 Å². The van der Waals surface area contributed by atoms with Crippen molar-refractivity contribution in [1.82, 2.24) is 0 Å². The monoisotopic (exact) mass is 331 g/mol. The minimum Gasteiger partial charge on any atom is -0.369 e. The Morgan fingerprint density at radius 3 is 1.82 bits per heavy atom. The number of primary amides is 1. The van der Waals surface area contributed by atoms with E-state index < -0.39 is 0 Å². The van der Waals surface area contributed by atoms with E-state index in [0.29, 0.717) is 6.42 Å². The summed E-state index contributed by atoms with van der Waals surface area (Å²) >= 11 is 3.91. The second-order valence-corrected chi connectivity index (χ2v) is 6.80. The minimum absolute atomic E-state index is 0.0457. The van der Waals surface area contributed by atoms with Gasteiger partial charge in [-0.1, -0.05) is 84.5 Å². The number of amides is 1. The molecule has 132 valence electrons. The fraction of sp³-hybridized carbons (Fsp3) is 0.944. The number of hydrogen-bond acceptors (Lipinski definition) is 3. The van der Waals surface area contributed by atoms with Gasteiger partial charge in [0, 0.05) is 5.92 Å². The lowest BCUT2D eigenvalue weighted by atomic mass is 9.98. The van der Waals surface area contributed by atoms with Crippen LogP contribution < -0.4 is 5.73 Å². The van der Waals surface area contributed by atoms with Gasteiger partial charge in [0.2, 0.25) is 5.91 Å². The lowest BCUT2D eigenvalue weighted by Crippen LogP contribution is -2.25. The minimum atomic E-state index is -0.255. The average Bonchev–Trinajstić information content (AvgIpc) is 2.51. The zero-order chi connectivity index (χ0) is 16.6. The predicted molar refractivity (Wildman–Crippen MR) is 97.9 cm³/mol. The quantitative estimate of drug-likeness (QED) is 0.225.